The molecule has 0 bridgehead atoms. The van der Waals surface area contributed by atoms with Crippen LogP contribution >= 0.6 is 0 Å². The molecule has 2 N–H and O–H groups in total. The molecule has 23 heavy (non-hydrogen) atoms. The molecule has 2 heterocycles. The Labute approximate surface area is 133 Å². The third-order valence-corrected chi connectivity index (χ3v) is 4.18. The van der Waals surface area contributed by atoms with Crippen LogP contribution in [0.25, 0.3) is 21.9 Å². The summed E-state index contributed by atoms with van der Waals surface area (Å²) in [4.78, 5) is 24.8. The number of fused-ring (bicyclic) bond motifs is 2. The lowest BCUT2D eigenvalue weighted by Crippen LogP contribution is -2.27. The van der Waals surface area contributed by atoms with E-state index in [0.717, 1.165) is 33.2 Å². The quantitative estimate of drug-likeness (QED) is 0.610. The van der Waals surface area contributed by atoms with Crippen molar-refractivity contribution < 1.29 is 4.79 Å². The van der Waals surface area contributed by atoms with E-state index in [1.165, 1.54) is 0 Å². The van der Waals surface area contributed by atoms with E-state index in [1.54, 1.807) is 18.3 Å². The third kappa shape index (κ3) is 2.36. The molecule has 0 atom stereocenters. The second kappa shape index (κ2) is 5.28. The first-order chi connectivity index (χ1) is 11.2. The predicted molar refractivity (Wildman–Crippen MR) is 91.5 cm³/mol. The molecular formula is C18H16N4O. The van der Waals surface area contributed by atoms with Gasteiger partial charge in [0, 0.05) is 29.8 Å². The molecular weight excluding hydrogens is 288 g/mol. The van der Waals surface area contributed by atoms with Gasteiger partial charge >= 0.3 is 0 Å². The Balaban J connectivity index is 1.60. The molecule has 0 radical (unpaired) electrons. The van der Waals surface area contributed by atoms with E-state index in [2.05, 4.69) is 15.0 Å². The van der Waals surface area contributed by atoms with Crippen LogP contribution in [0, 0.1) is 0 Å². The van der Waals surface area contributed by atoms with Gasteiger partial charge in [0.2, 0.25) is 5.91 Å². The van der Waals surface area contributed by atoms with Crippen LogP contribution in [0.5, 0.6) is 0 Å². The average molecular weight is 304 g/mol. The normalized spacial score (nSPS) is 11.2. The van der Waals surface area contributed by atoms with Crippen molar-refractivity contribution in [2.24, 2.45) is 0 Å². The number of imidazole rings is 1. The molecule has 4 aromatic rings. The number of amides is 1. The Morgan fingerprint density at radius 3 is 2.91 bits per heavy atom. The molecule has 114 valence electrons. The molecule has 0 saturated heterocycles. The van der Waals surface area contributed by atoms with Crippen molar-refractivity contribution in [1.29, 1.82) is 0 Å². The van der Waals surface area contributed by atoms with Crippen molar-refractivity contribution in [3.05, 3.63) is 60.6 Å². The van der Waals surface area contributed by atoms with Crippen LogP contribution < -0.4 is 4.90 Å². The number of nitrogens with zero attached hydrogens (tertiary/aromatic N) is 2. The van der Waals surface area contributed by atoms with E-state index in [9.17, 15) is 4.79 Å². The minimum Gasteiger partial charge on any atom is -0.361 e. The van der Waals surface area contributed by atoms with Gasteiger partial charge in [0.15, 0.2) is 0 Å². The number of para-hydroxylation sites is 1. The molecule has 2 aromatic heterocycles. The molecule has 2 aromatic carbocycles. The summed E-state index contributed by atoms with van der Waals surface area (Å²) >= 11 is 0. The van der Waals surface area contributed by atoms with Crippen molar-refractivity contribution in [1.82, 2.24) is 15.0 Å². The zero-order chi connectivity index (χ0) is 15.8. The Bertz CT molecular complexity index is 998. The van der Waals surface area contributed by atoms with E-state index in [-0.39, 0.29) is 5.91 Å². The third-order valence-electron chi connectivity index (χ3n) is 4.18. The summed E-state index contributed by atoms with van der Waals surface area (Å²) in [5, 5.41) is 1.10. The highest BCUT2D eigenvalue weighted by Gasteiger charge is 2.14. The molecule has 5 heteroatoms. The van der Waals surface area contributed by atoms with E-state index < -0.39 is 0 Å². The summed E-state index contributed by atoms with van der Waals surface area (Å²) in [5.41, 5.74) is 4.74. The first kappa shape index (κ1) is 13.6. The second-order valence-corrected chi connectivity index (χ2v) is 5.59. The molecule has 0 fully saturated rings. The minimum atomic E-state index is 0.0496. The van der Waals surface area contributed by atoms with Crippen molar-refractivity contribution >= 4 is 33.5 Å². The van der Waals surface area contributed by atoms with E-state index in [4.69, 9.17) is 0 Å². The van der Waals surface area contributed by atoms with Crippen LogP contribution in [-0.2, 0) is 11.2 Å². The summed E-state index contributed by atoms with van der Waals surface area (Å²) in [7, 11) is 1.80. The minimum absolute atomic E-state index is 0.0496. The van der Waals surface area contributed by atoms with Crippen LogP contribution in [0.3, 0.4) is 0 Å². The van der Waals surface area contributed by atoms with Crippen molar-refractivity contribution in [2.45, 2.75) is 6.42 Å². The number of hydrogen-bond donors (Lipinski definition) is 2. The van der Waals surface area contributed by atoms with Gasteiger partial charge in [0.05, 0.1) is 23.8 Å². The number of anilines is 1. The lowest BCUT2D eigenvalue weighted by molar-refractivity contribution is -0.117. The molecule has 0 aliphatic carbocycles. The molecule has 1 amide bonds. The molecule has 4 rings (SSSR count). The average Bonchev–Trinajstić information content (AvgIpc) is 3.20. The summed E-state index contributed by atoms with van der Waals surface area (Å²) in [6, 6.07) is 13.8. The zero-order valence-corrected chi connectivity index (χ0v) is 12.7. The maximum absolute atomic E-state index is 12.6. The molecule has 5 nitrogen and oxygen atoms in total. The number of nitrogens with one attached hydrogen (secondary N) is 2. The van der Waals surface area contributed by atoms with E-state index in [1.807, 2.05) is 48.7 Å². The van der Waals surface area contributed by atoms with Gasteiger partial charge in [-0.15, -0.1) is 0 Å². The van der Waals surface area contributed by atoms with Gasteiger partial charge in [0.25, 0.3) is 0 Å². The SMILES string of the molecule is CN(C(=O)Cc1c[nH]c2ccccc12)c1ccc2nc[nH]c2c1. The Morgan fingerprint density at radius 2 is 2.00 bits per heavy atom. The summed E-state index contributed by atoms with van der Waals surface area (Å²) in [5.74, 6) is 0.0496. The van der Waals surface area contributed by atoms with Crippen molar-refractivity contribution in [3.8, 4) is 0 Å². The summed E-state index contributed by atoms with van der Waals surface area (Å²) < 4.78 is 0. The zero-order valence-electron chi connectivity index (χ0n) is 12.7. The number of likely N-dealkylation sites (N-methyl/N-ethyl adjacent to an activating group) is 1. The lowest BCUT2D eigenvalue weighted by Gasteiger charge is -2.17. The van der Waals surface area contributed by atoms with Gasteiger partial charge in [-0.2, -0.15) is 0 Å². The highest BCUT2D eigenvalue weighted by molar-refractivity contribution is 5.98. The smallest absolute Gasteiger partial charge is 0.231 e. The lowest BCUT2D eigenvalue weighted by atomic mass is 10.1. The maximum atomic E-state index is 12.6. The van der Waals surface area contributed by atoms with Crippen LogP contribution in [0.2, 0.25) is 0 Å². The number of carbonyl (C=O) groups is 1. The van der Waals surface area contributed by atoms with Crippen LogP contribution in [0.1, 0.15) is 5.56 Å². The highest BCUT2D eigenvalue weighted by Crippen LogP contribution is 2.22. The molecule has 0 saturated carbocycles. The number of aromatic amines is 2. The van der Waals surface area contributed by atoms with Gasteiger partial charge in [-0.25, -0.2) is 4.98 Å². The topological polar surface area (TPSA) is 64.8 Å². The Kier molecular flexibility index (Phi) is 3.12. The van der Waals surface area contributed by atoms with Gasteiger partial charge in [0.1, 0.15) is 0 Å². The molecule has 0 unspecified atom stereocenters. The summed E-state index contributed by atoms with van der Waals surface area (Å²) in [6.45, 7) is 0. The van der Waals surface area contributed by atoms with Crippen LogP contribution in [-0.4, -0.2) is 27.9 Å². The van der Waals surface area contributed by atoms with E-state index in [0.29, 0.717) is 6.42 Å². The number of benzene rings is 2. The fourth-order valence-electron chi connectivity index (χ4n) is 2.84. The van der Waals surface area contributed by atoms with Gasteiger partial charge in [-0.1, -0.05) is 18.2 Å². The number of carbonyl (C=O) groups excluding carboxylic acids is 1. The second-order valence-electron chi connectivity index (χ2n) is 5.59. The predicted octanol–water partition coefficient (Wildman–Crippen LogP) is 3.25. The van der Waals surface area contributed by atoms with Crippen LogP contribution in [0.4, 0.5) is 5.69 Å². The fraction of sp³-hybridized carbons (Fsp3) is 0.111. The van der Waals surface area contributed by atoms with Gasteiger partial charge in [-0.3, -0.25) is 4.79 Å². The number of rotatable bonds is 3. The standard InChI is InChI=1S/C18H16N4O/c1-22(13-6-7-16-17(9-13)21-11-20-16)18(23)8-12-10-19-15-5-3-2-4-14(12)15/h2-7,9-11,19H,8H2,1H3,(H,20,21). The summed E-state index contributed by atoms with van der Waals surface area (Å²) in [6.07, 6.45) is 3.93. The largest absolute Gasteiger partial charge is 0.361 e. The maximum Gasteiger partial charge on any atom is 0.231 e. The van der Waals surface area contributed by atoms with Crippen molar-refractivity contribution in [3.63, 3.8) is 0 Å². The first-order valence-corrected chi connectivity index (χ1v) is 7.47. The number of aromatic nitrogens is 3. The first-order valence-electron chi connectivity index (χ1n) is 7.47. The van der Waals surface area contributed by atoms with Gasteiger partial charge in [-0.05, 0) is 29.8 Å². The van der Waals surface area contributed by atoms with Crippen LogP contribution in [0.15, 0.2) is 55.0 Å². The fourth-order valence-corrected chi connectivity index (χ4v) is 2.84. The van der Waals surface area contributed by atoms with Gasteiger partial charge < -0.3 is 14.9 Å². The Morgan fingerprint density at radius 1 is 1.13 bits per heavy atom. The number of hydrogen-bond acceptors (Lipinski definition) is 2. The number of H-pyrrole nitrogens is 2. The monoisotopic (exact) mass is 304 g/mol. The highest BCUT2D eigenvalue weighted by atomic mass is 16.2. The molecule has 0 spiro atoms. The van der Waals surface area contributed by atoms with Crippen molar-refractivity contribution in [2.75, 3.05) is 11.9 Å². The Hall–Kier alpha value is -3.08. The molecule has 0 aliphatic heterocycles. The molecule has 0 aliphatic rings. The van der Waals surface area contributed by atoms with E-state index >= 15 is 0 Å².